The highest BCUT2D eigenvalue weighted by Crippen LogP contribution is 2.25. The molecule has 108 valence electrons. The van der Waals surface area contributed by atoms with Crippen LogP contribution in [0.2, 0.25) is 0 Å². The summed E-state index contributed by atoms with van der Waals surface area (Å²) in [4.78, 5) is 0. The second-order valence-electron chi connectivity index (χ2n) is 5.19. The van der Waals surface area contributed by atoms with E-state index in [1.807, 2.05) is 0 Å². The van der Waals surface area contributed by atoms with Crippen LogP contribution in [0.25, 0.3) is 0 Å². The highest BCUT2D eigenvalue weighted by molar-refractivity contribution is 5.38. The van der Waals surface area contributed by atoms with Gasteiger partial charge in [0.15, 0.2) is 0 Å². The van der Waals surface area contributed by atoms with Gasteiger partial charge in [-0.3, -0.25) is 0 Å². The molecule has 3 heteroatoms. The van der Waals surface area contributed by atoms with Gasteiger partial charge in [0, 0.05) is 18.2 Å². The van der Waals surface area contributed by atoms with Gasteiger partial charge in [-0.05, 0) is 52.3 Å². The lowest BCUT2D eigenvalue weighted by atomic mass is 10.0. The molecule has 1 rings (SSSR count). The van der Waals surface area contributed by atoms with E-state index in [1.54, 1.807) is 7.11 Å². The Kier molecular flexibility index (Phi) is 6.89. The Bertz CT molecular complexity index is 377. The first-order valence-corrected chi connectivity index (χ1v) is 7.04. The van der Waals surface area contributed by atoms with Crippen molar-refractivity contribution < 1.29 is 9.47 Å². The van der Waals surface area contributed by atoms with Crippen molar-refractivity contribution in [3.63, 3.8) is 0 Å². The summed E-state index contributed by atoms with van der Waals surface area (Å²) in [6.45, 7) is 10.1. The second-order valence-corrected chi connectivity index (χ2v) is 5.19. The first-order valence-electron chi connectivity index (χ1n) is 7.04. The topological polar surface area (TPSA) is 30.5 Å². The first-order chi connectivity index (χ1) is 9.04. The highest BCUT2D eigenvalue weighted by atomic mass is 16.5. The van der Waals surface area contributed by atoms with Gasteiger partial charge in [-0.1, -0.05) is 12.1 Å². The number of aryl methyl sites for hydroxylation is 1. The van der Waals surface area contributed by atoms with E-state index >= 15 is 0 Å². The maximum atomic E-state index is 5.53. The molecule has 3 nitrogen and oxygen atoms in total. The predicted molar refractivity (Wildman–Crippen MR) is 79.9 cm³/mol. The van der Waals surface area contributed by atoms with Crippen LogP contribution in [0.4, 0.5) is 0 Å². The van der Waals surface area contributed by atoms with E-state index in [-0.39, 0.29) is 6.04 Å². The Morgan fingerprint density at radius 3 is 2.58 bits per heavy atom. The molecule has 0 aliphatic heterocycles. The molecule has 0 spiro atoms. The van der Waals surface area contributed by atoms with Crippen LogP contribution in [0.15, 0.2) is 18.2 Å². The summed E-state index contributed by atoms with van der Waals surface area (Å²) in [6.07, 6.45) is 1.34. The standard InChI is InChI=1S/C16H27NO2/c1-12(2)19-10-6-9-17-14(4)15-8-7-13(3)11-16(15)18-5/h7-8,11-12,14,17H,6,9-10H2,1-5H3. The molecule has 0 radical (unpaired) electrons. The zero-order valence-corrected chi connectivity index (χ0v) is 12.8. The minimum absolute atomic E-state index is 0.287. The van der Waals surface area contributed by atoms with E-state index in [0.717, 1.165) is 25.3 Å². The molecule has 0 aliphatic rings. The maximum absolute atomic E-state index is 5.53. The quantitative estimate of drug-likeness (QED) is 0.730. The van der Waals surface area contributed by atoms with Crippen molar-refractivity contribution in [2.45, 2.75) is 46.3 Å². The molecule has 0 aliphatic carbocycles. The molecule has 0 saturated heterocycles. The fourth-order valence-corrected chi connectivity index (χ4v) is 2.00. The molecular weight excluding hydrogens is 238 g/mol. The fourth-order valence-electron chi connectivity index (χ4n) is 2.00. The van der Waals surface area contributed by atoms with Crippen molar-refractivity contribution in [2.75, 3.05) is 20.3 Å². The molecule has 1 N–H and O–H groups in total. The normalized spacial score (nSPS) is 12.7. The average Bonchev–Trinajstić information content (AvgIpc) is 2.37. The summed E-state index contributed by atoms with van der Waals surface area (Å²) in [5, 5.41) is 3.51. The third kappa shape index (κ3) is 5.62. The zero-order chi connectivity index (χ0) is 14.3. The summed E-state index contributed by atoms with van der Waals surface area (Å²) in [5.41, 5.74) is 2.43. The summed E-state index contributed by atoms with van der Waals surface area (Å²) in [6, 6.07) is 6.62. The van der Waals surface area contributed by atoms with Crippen LogP contribution in [0.5, 0.6) is 5.75 Å². The van der Waals surface area contributed by atoms with Gasteiger partial charge >= 0.3 is 0 Å². The molecular formula is C16H27NO2. The van der Waals surface area contributed by atoms with Crippen molar-refractivity contribution in [1.29, 1.82) is 0 Å². The van der Waals surface area contributed by atoms with Crippen LogP contribution in [0, 0.1) is 6.92 Å². The average molecular weight is 265 g/mol. The molecule has 0 aromatic heterocycles. The van der Waals surface area contributed by atoms with Gasteiger partial charge in [0.1, 0.15) is 5.75 Å². The monoisotopic (exact) mass is 265 g/mol. The predicted octanol–water partition coefficient (Wildman–Crippen LogP) is 3.47. The minimum atomic E-state index is 0.287. The third-order valence-electron chi connectivity index (χ3n) is 3.08. The number of hydrogen-bond donors (Lipinski definition) is 1. The Balaban J connectivity index is 2.43. The van der Waals surface area contributed by atoms with Crippen molar-refractivity contribution in [3.05, 3.63) is 29.3 Å². The van der Waals surface area contributed by atoms with Crippen LogP contribution >= 0.6 is 0 Å². The number of methoxy groups -OCH3 is 1. The van der Waals surface area contributed by atoms with Gasteiger partial charge in [0.2, 0.25) is 0 Å². The van der Waals surface area contributed by atoms with E-state index in [1.165, 1.54) is 11.1 Å². The minimum Gasteiger partial charge on any atom is -0.496 e. The van der Waals surface area contributed by atoms with E-state index in [9.17, 15) is 0 Å². The third-order valence-corrected chi connectivity index (χ3v) is 3.08. The van der Waals surface area contributed by atoms with Gasteiger partial charge in [-0.15, -0.1) is 0 Å². The number of hydrogen-bond acceptors (Lipinski definition) is 3. The number of nitrogens with one attached hydrogen (secondary N) is 1. The Labute approximate surface area is 117 Å². The molecule has 1 aromatic rings. The molecule has 0 fully saturated rings. The number of ether oxygens (including phenoxy) is 2. The smallest absolute Gasteiger partial charge is 0.123 e. The molecule has 1 aromatic carbocycles. The number of rotatable bonds is 8. The molecule has 0 heterocycles. The van der Waals surface area contributed by atoms with Gasteiger partial charge in [0.25, 0.3) is 0 Å². The van der Waals surface area contributed by atoms with Crippen molar-refractivity contribution in [1.82, 2.24) is 5.32 Å². The van der Waals surface area contributed by atoms with Crippen LogP contribution in [0.3, 0.4) is 0 Å². The first kappa shape index (κ1) is 16.0. The van der Waals surface area contributed by atoms with Crippen LogP contribution < -0.4 is 10.1 Å². The zero-order valence-electron chi connectivity index (χ0n) is 12.8. The fraction of sp³-hybridized carbons (Fsp3) is 0.625. The number of benzene rings is 1. The van der Waals surface area contributed by atoms with Gasteiger partial charge in [-0.25, -0.2) is 0 Å². The summed E-state index contributed by atoms with van der Waals surface area (Å²) < 4.78 is 11.0. The lowest BCUT2D eigenvalue weighted by Crippen LogP contribution is -2.22. The Morgan fingerprint density at radius 1 is 1.21 bits per heavy atom. The van der Waals surface area contributed by atoms with Crippen LogP contribution in [-0.2, 0) is 4.74 Å². The van der Waals surface area contributed by atoms with Crippen molar-refractivity contribution >= 4 is 0 Å². The Morgan fingerprint density at radius 2 is 1.95 bits per heavy atom. The van der Waals surface area contributed by atoms with E-state index < -0.39 is 0 Å². The molecule has 0 amide bonds. The lowest BCUT2D eigenvalue weighted by Gasteiger charge is -2.18. The van der Waals surface area contributed by atoms with Crippen LogP contribution in [0.1, 0.15) is 44.4 Å². The van der Waals surface area contributed by atoms with E-state index in [4.69, 9.17) is 9.47 Å². The molecule has 0 saturated carbocycles. The van der Waals surface area contributed by atoms with Crippen LogP contribution in [-0.4, -0.2) is 26.4 Å². The molecule has 1 unspecified atom stereocenters. The highest BCUT2D eigenvalue weighted by Gasteiger charge is 2.10. The van der Waals surface area contributed by atoms with Crippen molar-refractivity contribution in [3.8, 4) is 5.75 Å². The Hall–Kier alpha value is -1.06. The van der Waals surface area contributed by atoms with Gasteiger partial charge < -0.3 is 14.8 Å². The van der Waals surface area contributed by atoms with E-state index in [0.29, 0.717) is 6.10 Å². The van der Waals surface area contributed by atoms with Gasteiger partial charge in [-0.2, -0.15) is 0 Å². The second kappa shape index (κ2) is 8.18. The van der Waals surface area contributed by atoms with E-state index in [2.05, 4.69) is 51.2 Å². The molecule has 0 bridgehead atoms. The largest absolute Gasteiger partial charge is 0.496 e. The molecule has 1 atom stereocenters. The van der Waals surface area contributed by atoms with Crippen molar-refractivity contribution in [2.24, 2.45) is 0 Å². The summed E-state index contributed by atoms with van der Waals surface area (Å²) >= 11 is 0. The maximum Gasteiger partial charge on any atom is 0.123 e. The lowest BCUT2D eigenvalue weighted by molar-refractivity contribution is 0.0768. The van der Waals surface area contributed by atoms with Gasteiger partial charge in [0.05, 0.1) is 13.2 Å². The SMILES string of the molecule is COc1cc(C)ccc1C(C)NCCCOC(C)C. The summed E-state index contributed by atoms with van der Waals surface area (Å²) in [5.74, 6) is 0.957. The molecule has 19 heavy (non-hydrogen) atoms. The summed E-state index contributed by atoms with van der Waals surface area (Å²) in [7, 11) is 1.72.